The van der Waals surface area contributed by atoms with Gasteiger partial charge in [0.2, 0.25) is 5.91 Å². The topological polar surface area (TPSA) is 105 Å². The molecule has 2 amide bonds. The average molecular weight is 395 g/mol. The maximum Gasteiger partial charge on any atom is 0.345 e. The lowest BCUT2D eigenvalue weighted by Gasteiger charge is -2.31. The van der Waals surface area contributed by atoms with Gasteiger partial charge in [-0.1, -0.05) is 11.6 Å². The molecule has 8 nitrogen and oxygen atoms in total. The number of anilines is 1. The Hall–Kier alpha value is -2.52. The second-order valence-corrected chi connectivity index (χ2v) is 7.27. The smallest absolute Gasteiger partial charge is 0.339 e. The Bertz CT molecular complexity index is 831. The lowest BCUT2D eigenvalue weighted by molar-refractivity contribution is -0.380. The number of nitro groups is 1. The van der Waals surface area contributed by atoms with E-state index in [0.717, 1.165) is 17.5 Å². The summed E-state index contributed by atoms with van der Waals surface area (Å²) >= 11 is 6.65. The van der Waals surface area contributed by atoms with Gasteiger partial charge in [0, 0.05) is 29.6 Å². The van der Waals surface area contributed by atoms with Gasteiger partial charge >= 0.3 is 5.00 Å². The van der Waals surface area contributed by atoms with Crippen molar-refractivity contribution in [3.63, 3.8) is 0 Å². The number of thiazole rings is 1. The van der Waals surface area contributed by atoms with Crippen LogP contribution in [-0.2, 0) is 4.79 Å². The molecule has 0 atom stereocenters. The predicted octanol–water partition coefficient (Wildman–Crippen LogP) is 3.20. The number of likely N-dealkylation sites (tertiary alicyclic amines) is 1. The van der Waals surface area contributed by atoms with Gasteiger partial charge in [-0.15, -0.1) is 0 Å². The molecule has 3 rings (SSSR count). The predicted molar refractivity (Wildman–Crippen MR) is 97.5 cm³/mol. The number of nitrogens with zero attached hydrogens (tertiary/aromatic N) is 3. The number of hydrogen-bond donors (Lipinski definition) is 1. The molecule has 0 spiro atoms. The molecule has 0 unspecified atom stereocenters. The Kier molecular flexibility index (Phi) is 5.48. The highest BCUT2D eigenvalue weighted by Crippen LogP contribution is 2.27. The fourth-order valence-electron chi connectivity index (χ4n) is 2.74. The van der Waals surface area contributed by atoms with Gasteiger partial charge in [0.05, 0.1) is 4.92 Å². The molecule has 1 aliphatic rings. The largest absolute Gasteiger partial charge is 0.345 e. The Labute approximate surface area is 157 Å². The van der Waals surface area contributed by atoms with E-state index in [1.54, 1.807) is 29.2 Å². The minimum atomic E-state index is -0.547. The van der Waals surface area contributed by atoms with E-state index in [1.807, 2.05) is 0 Å². The number of halogens is 1. The highest BCUT2D eigenvalue weighted by molar-refractivity contribution is 7.18. The van der Waals surface area contributed by atoms with Crippen molar-refractivity contribution in [1.82, 2.24) is 9.88 Å². The zero-order valence-corrected chi connectivity index (χ0v) is 15.1. The van der Waals surface area contributed by atoms with Gasteiger partial charge in [-0.25, -0.2) is 4.98 Å². The fraction of sp³-hybridized carbons (Fsp3) is 0.312. The van der Waals surface area contributed by atoms with Gasteiger partial charge in [0.15, 0.2) is 5.13 Å². The summed E-state index contributed by atoms with van der Waals surface area (Å²) in [6, 6.07) is 6.70. The first kappa shape index (κ1) is 18.3. The summed E-state index contributed by atoms with van der Waals surface area (Å²) in [7, 11) is 0. The number of hydrogen-bond acceptors (Lipinski definition) is 6. The maximum atomic E-state index is 12.5. The highest BCUT2D eigenvalue weighted by Gasteiger charge is 2.28. The van der Waals surface area contributed by atoms with E-state index in [2.05, 4.69) is 10.3 Å². The number of aromatic nitrogens is 1. The van der Waals surface area contributed by atoms with Crippen LogP contribution >= 0.6 is 22.9 Å². The number of amides is 2. The number of benzene rings is 1. The zero-order chi connectivity index (χ0) is 18.7. The number of piperidine rings is 1. The van der Waals surface area contributed by atoms with Crippen LogP contribution in [-0.4, -0.2) is 39.7 Å². The molecule has 2 heterocycles. The van der Waals surface area contributed by atoms with E-state index in [1.165, 1.54) is 0 Å². The van der Waals surface area contributed by atoms with Gasteiger partial charge in [-0.2, -0.15) is 0 Å². The fourth-order valence-corrected chi connectivity index (χ4v) is 3.50. The van der Waals surface area contributed by atoms with Crippen LogP contribution < -0.4 is 5.32 Å². The Balaban J connectivity index is 1.54. The summed E-state index contributed by atoms with van der Waals surface area (Å²) in [6.45, 7) is 0.940. The van der Waals surface area contributed by atoms with Crippen molar-refractivity contribution < 1.29 is 14.5 Å². The number of carbonyl (C=O) groups is 2. The molecule has 1 aromatic carbocycles. The van der Waals surface area contributed by atoms with Crippen LogP contribution in [0.25, 0.3) is 0 Å². The summed E-state index contributed by atoms with van der Waals surface area (Å²) < 4.78 is 0. The van der Waals surface area contributed by atoms with Crippen LogP contribution in [0, 0.1) is 16.0 Å². The summed E-state index contributed by atoms with van der Waals surface area (Å²) in [5.41, 5.74) is 0.562. The third-order valence-corrected chi connectivity index (χ3v) is 5.26. The first-order valence-corrected chi connectivity index (χ1v) is 9.09. The lowest BCUT2D eigenvalue weighted by Crippen LogP contribution is -2.41. The molecular weight excluding hydrogens is 380 g/mol. The van der Waals surface area contributed by atoms with E-state index in [9.17, 15) is 19.7 Å². The second-order valence-electron chi connectivity index (χ2n) is 5.82. The summed E-state index contributed by atoms with van der Waals surface area (Å²) in [5.74, 6) is -0.573. The first-order valence-electron chi connectivity index (χ1n) is 7.90. The lowest BCUT2D eigenvalue weighted by atomic mass is 9.95. The second kappa shape index (κ2) is 7.79. The Morgan fingerprint density at radius 3 is 2.50 bits per heavy atom. The molecule has 0 bridgehead atoms. The quantitative estimate of drug-likeness (QED) is 0.633. The normalized spacial score (nSPS) is 14.9. The average Bonchev–Trinajstić information content (AvgIpc) is 3.11. The molecule has 10 heteroatoms. The van der Waals surface area contributed by atoms with Crippen molar-refractivity contribution in [2.45, 2.75) is 12.8 Å². The third-order valence-electron chi connectivity index (χ3n) is 4.15. The van der Waals surface area contributed by atoms with Gasteiger partial charge < -0.3 is 10.2 Å². The molecule has 136 valence electrons. The maximum absolute atomic E-state index is 12.5. The SMILES string of the molecule is O=C(Nc1ncc([N+](=O)[O-])s1)C1CCN(C(=O)c2ccc(Cl)cc2)CC1. The summed E-state index contributed by atoms with van der Waals surface area (Å²) in [6.07, 6.45) is 2.17. The number of nitrogens with one attached hydrogen (secondary N) is 1. The van der Waals surface area contributed by atoms with Gasteiger partial charge in [0.25, 0.3) is 5.91 Å². The van der Waals surface area contributed by atoms with Gasteiger partial charge in [0.1, 0.15) is 6.20 Å². The zero-order valence-electron chi connectivity index (χ0n) is 13.6. The first-order chi connectivity index (χ1) is 12.4. The monoisotopic (exact) mass is 394 g/mol. The van der Waals surface area contributed by atoms with E-state index < -0.39 is 4.92 Å². The van der Waals surface area contributed by atoms with E-state index >= 15 is 0 Å². The summed E-state index contributed by atoms with van der Waals surface area (Å²) in [4.78, 5) is 40.4. The van der Waals surface area contributed by atoms with Gasteiger partial charge in [-0.05, 0) is 48.4 Å². The van der Waals surface area contributed by atoms with Crippen molar-refractivity contribution in [2.75, 3.05) is 18.4 Å². The molecule has 0 aliphatic carbocycles. The molecule has 1 fully saturated rings. The van der Waals surface area contributed by atoms with E-state index in [0.29, 0.717) is 36.5 Å². The van der Waals surface area contributed by atoms with Crippen LogP contribution in [0.2, 0.25) is 5.02 Å². The highest BCUT2D eigenvalue weighted by atomic mass is 35.5. The molecule has 0 saturated carbocycles. The standard InChI is InChI=1S/C16H15ClN4O4S/c17-12-3-1-11(2-4-12)15(23)20-7-5-10(6-8-20)14(22)19-16-18-9-13(26-16)21(24)25/h1-4,9-10H,5-8H2,(H,18,19,22). The van der Waals surface area contributed by atoms with Crippen molar-refractivity contribution in [1.29, 1.82) is 0 Å². The van der Waals surface area contributed by atoms with Gasteiger partial charge in [-0.3, -0.25) is 19.7 Å². The number of carbonyl (C=O) groups excluding carboxylic acids is 2. The van der Waals surface area contributed by atoms with E-state index in [4.69, 9.17) is 11.6 Å². The number of rotatable bonds is 4. The van der Waals surface area contributed by atoms with Crippen molar-refractivity contribution in [3.8, 4) is 0 Å². The molecule has 1 aromatic heterocycles. The minimum Gasteiger partial charge on any atom is -0.339 e. The van der Waals surface area contributed by atoms with E-state index in [-0.39, 0.29) is 27.9 Å². The Morgan fingerprint density at radius 2 is 1.92 bits per heavy atom. The molecular formula is C16H15ClN4O4S. The van der Waals surface area contributed by atoms with Crippen LogP contribution in [0.3, 0.4) is 0 Å². The van der Waals surface area contributed by atoms with Crippen LogP contribution in [0.4, 0.5) is 10.1 Å². The Morgan fingerprint density at radius 1 is 1.27 bits per heavy atom. The van der Waals surface area contributed by atoms with Crippen molar-refractivity contribution in [2.24, 2.45) is 5.92 Å². The van der Waals surface area contributed by atoms with Crippen LogP contribution in [0.5, 0.6) is 0 Å². The third kappa shape index (κ3) is 4.17. The molecule has 26 heavy (non-hydrogen) atoms. The van der Waals surface area contributed by atoms with Crippen molar-refractivity contribution in [3.05, 3.63) is 51.2 Å². The van der Waals surface area contributed by atoms with Crippen molar-refractivity contribution >= 4 is 44.9 Å². The molecule has 1 aliphatic heterocycles. The molecule has 0 radical (unpaired) electrons. The molecule has 1 saturated heterocycles. The van der Waals surface area contributed by atoms with Crippen LogP contribution in [0.1, 0.15) is 23.2 Å². The molecule has 2 aromatic rings. The minimum absolute atomic E-state index is 0.0870. The summed E-state index contributed by atoms with van der Waals surface area (Å²) in [5, 5.41) is 13.9. The molecule has 1 N–H and O–H groups in total. The van der Waals surface area contributed by atoms with Crippen LogP contribution in [0.15, 0.2) is 30.5 Å².